The number of Topliss-reactive ketones (excluding diaryl/α,β-unsaturated/α-hetero) is 1. The summed E-state index contributed by atoms with van der Waals surface area (Å²) in [5, 5.41) is 12.3. The molecule has 0 heterocycles. The molecule has 0 aliphatic carbocycles. The molecule has 4 N–H and O–H groups in total. The molecule has 104 valence electrons. The van der Waals surface area contributed by atoms with E-state index in [4.69, 9.17) is 10.8 Å². The number of carbonyl (C=O) groups is 1. The molecule has 0 spiro atoms. The van der Waals surface area contributed by atoms with Crippen molar-refractivity contribution in [1.29, 1.82) is 0 Å². The van der Waals surface area contributed by atoms with Gasteiger partial charge in [-0.1, -0.05) is 24.3 Å². The molecule has 0 unspecified atom stereocenters. The van der Waals surface area contributed by atoms with Crippen LogP contribution >= 0.6 is 0 Å². The van der Waals surface area contributed by atoms with Gasteiger partial charge in [0.1, 0.15) is 0 Å². The summed E-state index contributed by atoms with van der Waals surface area (Å²) < 4.78 is 0. The lowest BCUT2D eigenvalue weighted by molar-refractivity contribution is 0.101. The van der Waals surface area contributed by atoms with Gasteiger partial charge in [0, 0.05) is 23.5 Å². The van der Waals surface area contributed by atoms with Gasteiger partial charge in [-0.25, -0.2) is 0 Å². The number of hydrogen-bond donors (Lipinski definition) is 3. The number of hydrogen-bond acceptors (Lipinski definition) is 4. The van der Waals surface area contributed by atoms with Crippen LogP contribution in [0.5, 0.6) is 0 Å². The van der Waals surface area contributed by atoms with E-state index in [-0.39, 0.29) is 12.4 Å². The van der Waals surface area contributed by atoms with Crippen molar-refractivity contribution in [2.45, 2.75) is 20.1 Å². The SMILES string of the molecule is CC(=O)c1cc(NCc2cccc(CO)c2)ccc1N. The fourth-order valence-corrected chi connectivity index (χ4v) is 2.01. The van der Waals surface area contributed by atoms with Gasteiger partial charge in [0.15, 0.2) is 5.78 Å². The van der Waals surface area contributed by atoms with Gasteiger partial charge < -0.3 is 16.2 Å². The number of benzene rings is 2. The standard InChI is InChI=1S/C16H18N2O2/c1-11(20)15-8-14(5-6-16(15)17)18-9-12-3-2-4-13(7-12)10-19/h2-8,18-19H,9-10,17H2,1H3. The molecule has 4 nitrogen and oxygen atoms in total. The number of anilines is 2. The highest BCUT2D eigenvalue weighted by Crippen LogP contribution is 2.19. The van der Waals surface area contributed by atoms with Crippen LogP contribution in [0.25, 0.3) is 0 Å². The summed E-state index contributed by atoms with van der Waals surface area (Å²) in [7, 11) is 0. The zero-order valence-electron chi connectivity index (χ0n) is 11.4. The number of rotatable bonds is 5. The van der Waals surface area contributed by atoms with Crippen molar-refractivity contribution in [2.24, 2.45) is 0 Å². The van der Waals surface area contributed by atoms with Crippen LogP contribution < -0.4 is 11.1 Å². The zero-order chi connectivity index (χ0) is 14.5. The van der Waals surface area contributed by atoms with E-state index in [0.29, 0.717) is 17.8 Å². The quantitative estimate of drug-likeness (QED) is 0.576. The summed E-state index contributed by atoms with van der Waals surface area (Å²) in [6.45, 7) is 2.15. The third kappa shape index (κ3) is 3.36. The predicted octanol–water partition coefficient (Wildman–Crippen LogP) is 2.58. The monoisotopic (exact) mass is 270 g/mol. The van der Waals surface area contributed by atoms with E-state index in [2.05, 4.69) is 5.32 Å². The Morgan fingerprint density at radius 1 is 1.20 bits per heavy atom. The molecular formula is C16H18N2O2. The minimum atomic E-state index is -0.0478. The molecule has 0 radical (unpaired) electrons. The first kappa shape index (κ1) is 14.1. The number of ketones is 1. The van der Waals surface area contributed by atoms with Crippen LogP contribution in [0.3, 0.4) is 0 Å². The van der Waals surface area contributed by atoms with E-state index in [1.807, 2.05) is 30.3 Å². The van der Waals surface area contributed by atoms with Crippen LogP contribution in [-0.4, -0.2) is 10.9 Å². The van der Waals surface area contributed by atoms with Crippen molar-refractivity contribution < 1.29 is 9.90 Å². The smallest absolute Gasteiger partial charge is 0.161 e. The van der Waals surface area contributed by atoms with E-state index in [1.165, 1.54) is 6.92 Å². The Labute approximate surface area is 118 Å². The Morgan fingerprint density at radius 3 is 2.65 bits per heavy atom. The third-order valence-corrected chi connectivity index (χ3v) is 3.10. The third-order valence-electron chi connectivity index (χ3n) is 3.10. The molecule has 0 atom stereocenters. The second-order valence-electron chi connectivity index (χ2n) is 4.69. The summed E-state index contributed by atoms with van der Waals surface area (Å²) in [5.74, 6) is -0.0478. The summed E-state index contributed by atoms with van der Waals surface area (Å²) in [6, 6.07) is 13.0. The molecule has 0 saturated carbocycles. The maximum Gasteiger partial charge on any atom is 0.161 e. The molecule has 0 amide bonds. The number of aliphatic hydroxyl groups is 1. The molecule has 0 aliphatic rings. The molecule has 4 heteroatoms. The van der Waals surface area contributed by atoms with Crippen LogP contribution in [0.4, 0.5) is 11.4 Å². The molecule has 2 rings (SSSR count). The summed E-state index contributed by atoms with van der Waals surface area (Å²) in [4.78, 5) is 11.4. The molecule has 0 bridgehead atoms. The summed E-state index contributed by atoms with van der Waals surface area (Å²) in [5.41, 5.74) is 9.57. The van der Waals surface area contributed by atoms with Crippen molar-refractivity contribution in [3.8, 4) is 0 Å². The van der Waals surface area contributed by atoms with Crippen molar-refractivity contribution >= 4 is 17.2 Å². The van der Waals surface area contributed by atoms with Gasteiger partial charge in [0.2, 0.25) is 0 Å². The normalized spacial score (nSPS) is 10.3. The van der Waals surface area contributed by atoms with Crippen molar-refractivity contribution in [3.05, 3.63) is 59.2 Å². The molecule has 0 aromatic heterocycles. The highest BCUT2D eigenvalue weighted by Gasteiger charge is 2.05. The van der Waals surface area contributed by atoms with Crippen molar-refractivity contribution in [1.82, 2.24) is 0 Å². The first-order valence-corrected chi connectivity index (χ1v) is 6.43. The van der Waals surface area contributed by atoms with E-state index in [9.17, 15) is 4.79 Å². The molecule has 0 saturated heterocycles. The van der Waals surface area contributed by atoms with E-state index in [1.54, 1.807) is 12.1 Å². The van der Waals surface area contributed by atoms with Crippen molar-refractivity contribution in [2.75, 3.05) is 11.1 Å². The molecule has 0 fully saturated rings. The van der Waals surface area contributed by atoms with Crippen LogP contribution in [0.2, 0.25) is 0 Å². The van der Waals surface area contributed by atoms with Gasteiger partial charge >= 0.3 is 0 Å². The number of carbonyl (C=O) groups excluding carboxylic acids is 1. The first-order chi connectivity index (χ1) is 9.60. The minimum Gasteiger partial charge on any atom is -0.398 e. The molecule has 20 heavy (non-hydrogen) atoms. The topological polar surface area (TPSA) is 75.3 Å². The Balaban J connectivity index is 2.10. The summed E-state index contributed by atoms with van der Waals surface area (Å²) in [6.07, 6.45) is 0. The van der Waals surface area contributed by atoms with Crippen LogP contribution in [-0.2, 0) is 13.2 Å². The first-order valence-electron chi connectivity index (χ1n) is 6.43. The number of nitrogen functional groups attached to an aromatic ring is 1. The largest absolute Gasteiger partial charge is 0.398 e. The Hall–Kier alpha value is -2.33. The molecule has 2 aromatic rings. The van der Waals surface area contributed by atoms with Gasteiger partial charge in [-0.2, -0.15) is 0 Å². The number of nitrogens with two attached hydrogens (primary N) is 1. The molecule has 2 aromatic carbocycles. The lowest BCUT2D eigenvalue weighted by Crippen LogP contribution is -2.04. The average molecular weight is 270 g/mol. The zero-order valence-corrected chi connectivity index (χ0v) is 11.4. The van der Waals surface area contributed by atoms with E-state index >= 15 is 0 Å². The molecular weight excluding hydrogens is 252 g/mol. The van der Waals surface area contributed by atoms with Gasteiger partial charge in [0.05, 0.1) is 6.61 Å². The highest BCUT2D eigenvalue weighted by molar-refractivity contribution is 6.00. The minimum absolute atomic E-state index is 0.0319. The second-order valence-corrected chi connectivity index (χ2v) is 4.69. The van der Waals surface area contributed by atoms with Gasteiger partial charge in [-0.3, -0.25) is 4.79 Å². The van der Waals surface area contributed by atoms with Gasteiger partial charge in [-0.15, -0.1) is 0 Å². The Morgan fingerprint density at radius 2 is 1.95 bits per heavy atom. The Kier molecular flexibility index (Phi) is 4.38. The van der Waals surface area contributed by atoms with Crippen LogP contribution in [0.15, 0.2) is 42.5 Å². The van der Waals surface area contributed by atoms with E-state index in [0.717, 1.165) is 16.8 Å². The average Bonchev–Trinajstić information content (AvgIpc) is 2.46. The lowest BCUT2D eigenvalue weighted by atomic mass is 10.1. The highest BCUT2D eigenvalue weighted by atomic mass is 16.3. The van der Waals surface area contributed by atoms with Crippen molar-refractivity contribution in [3.63, 3.8) is 0 Å². The van der Waals surface area contributed by atoms with Crippen LogP contribution in [0, 0.1) is 0 Å². The van der Waals surface area contributed by atoms with Crippen LogP contribution in [0.1, 0.15) is 28.4 Å². The van der Waals surface area contributed by atoms with Gasteiger partial charge in [0.25, 0.3) is 0 Å². The number of nitrogens with one attached hydrogen (secondary N) is 1. The van der Waals surface area contributed by atoms with E-state index < -0.39 is 0 Å². The fourth-order valence-electron chi connectivity index (χ4n) is 2.01. The summed E-state index contributed by atoms with van der Waals surface area (Å²) >= 11 is 0. The Bertz CT molecular complexity index is 624. The maximum absolute atomic E-state index is 11.4. The second kappa shape index (κ2) is 6.21. The lowest BCUT2D eigenvalue weighted by Gasteiger charge is -2.10. The van der Waals surface area contributed by atoms with Gasteiger partial charge in [-0.05, 0) is 36.2 Å². The predicted molar refractivity (Wildman–Crippen MR) is 80.6 cm³/mol. The fraction of sp³-hybridized carbons (Fsp3) is 0.188. The molecule has 0 aliphatic heterocycles. The maximum atomic E-state index is 11.4. The number of aliphatic hydroxyl groups excluding tert-OH is 1.